The Kier molecular flexibility index (Phi) is 7.03. The van der Waals surface area contributed by atoms with Gasteiger partial charge in [0.2, 0.25) is 5.91 Å². The minimum absolute atomic E-state index is 0. The zero-order valence-corrected chi connectivity index (χ0v) is 13.2. The van der Waals surface area contributed by atoms with Gasteiger partial charge in [0.1, 0.15) is 0 Å². The quantitative estimate of drug-likeness (QED) is 0.877. The average molecular weight is 297 g/mol. The van der Waals surface area contributed by atoms with E-state index in [1.54, 1.807) is 0 Å². The Morgan fingerprint density at radius 2 is 2.20 bits per heavy atom. The number of rotatable bonds is 5. The Hall–Kier alpha value is -1.06. The Bertz CT molecular complexity index is 442. The molecule has 2 rings (SSSR count). The zero-order valence-electron chi connectivity index (χ0n) is 12.4. The van der Waals surface area contributed by atoms with Crippen LogP contribution in [0.2, 0.25) is 0 Å². The number of benzene rings is 1. The van der Waals surface area contributed by atoms with E-state index < -0.39 is 0 Å². The summed E-state index contributed by atoms with van der Waals surface area (Å²) in [6.07, 6.45) is 3.81. The van der Waals surface area contributed by atoms with Crippen LogP contribution in [0.3, 0.4) is 0 Å². The maximum Gasteiger partial charge on any atom is 0.220 e. The highest BCUT2D eigenvalue weighted by Crippen LogP contribution is 2.12. The highest BCUT2D eigenvalue weighted by Gasteiger charge is 2.14. The van der Waals surface area contributed by atoms with Crippen LogP contribution in [-0.4, -0.2) is 25.0 Å². The van der Waals surface area contributed by atoms with E-state index in [4.69, 9.17) is 0 Å². The molecule has 0 radical (unpaired) electrons. The van der Waals surface area contributed by atoms with Gasteiger partial charge in [0.15, 0.2) is 0 Å². The number of carbonyl (C=O) groups excluding carboxylic acids is 1. The van der Waals surface area contributed by atoms with Crippen LogP contribution in [0.15, 0.2) is 18.2 Å². The Balaban J connectivity index is 0.00000200. The van der Waals surface area contributed by atoms with E-state index >= 15 is 0 Å². The average Bonchev–Trinajstić information content (AvgIpc) is 2.88. The Morgan fingerprint density at radius 1 is 1.40 bits per heavy atom. The lowest BCUT2D eigenvalue weighted by molar-refractivity contribution is -0.121. The van der Waals surface area contributed by atoms with E-state index in [0.29, 0.717) is 12.5 Å². The second-order valence-corrected chi connectivity index (χ2v) is 5.53. The van der Waals surface area contributed by atoms with Crippen LogP contribution in [0.5, 0.6) is 0 Å². The topological polar surface area (TPSA) is 41.1 Å². The standard InChI is InChI=1S/C16H24N2O.ClH/c1-12-5-6-14(13(2)10-12)7-8-16(19)18-11-15-4-3-9-17-15;/h5-6,10,15,17H,3-4,7-9,11H2,1-2H3,(H,18,19);1H. The summed E-state index contributed by atoms with van der Waals surface area (Å²) in [5.41, 5.74) is 3.84. The van der Waals surface area contributed by atoms with Gasteiger partial charge in [-0.25, -0.2) is 0 Å². The maximum absolute atomic E-state index is 11.8. The third-order valence-electron chi connectivity index (χ3n) is 3.83. The SMILES string of the molecule is Cc1ccc(CCC(=O)NCC2CCCN2)c(C)c1.Cl. The van der Waals surface area contributed by atoms with Crippen LogP contribution in [0.4, 0.5) is 0 Å². The number of hydrogen-bond acceptors (Lipinski definition) is 2. The molecule has 0 spiro atoms. The molecule has 2 N–H and O–H groups in total. The Morgan fingerprint density at radius 3 is 2.85 bits per heavy atom. The molecule has 4 heteroatoms. The number of nitrogens with one attached hydrogen (secondary N) is 2. The van der Waals surface area contributed by atoms with Crippen LogP contribution in [-0.2, 0) is 11.2 Å². The molecule has 0 aliphatic carbocycles. The molecule has 1 aliphatic heterocycles. The minimum atomic E-state index is 0. The fourth-order valence-electron chi connectivity index (χ4n) is 2.63. The molecule has 1 aromatic rings. The van der Waals surface area contributed by atoms with Crippen LogP contribution in [0, 0.1) is 13.8 Å². The molecule has 0 bridgehead atoms. The van der Waals surface area contributed by atoms with Crippen molar-refractivity contribution >= 4 is 18.3 Å². The number of aryl methyl sites for hydroxylation is 3. The molecule has 0 saturated carbocycles. The van der Waals surface area contributed by atoms with E-state index in [9.17, 15) is 4.79 Å². The molecule has 1 amide bonds. The molecular formula is C16H25ClN2O. The first kappa shape index (κ1) is 17.0. The highest BCUT2D eigenvalue weighted by atomic mass is 35.5. The molecule has 1 unspecified atom stereocenters. The third kappa shape index (κ3) is 5.14. The number of amides is 1. The van der Waals surface area contributed by atoms with Gasteiger partial charge in [-0.05, 0) is 50.8 Å². The molecule has 112 valence electrons. The summed E-state index contributed by atoms with van der Waals surface area (Å²) in [6.45, 7) is 6.07. The molecule has 1 saturated heterocycles. The molecule has 1 heterocycles. The minimum Gasteiger partial charge on any atom is -0.355 e. The van der Waals surface area contributed by atoms with Crippen molar-refractivity contribution in [1.29, 1.82) is 0 Å². The van der Waals surface area contributed by atoms with Crippen molar-refractivity contribution in [3.63, 3.8) is 0 Å². The summed E-state index contributed by atoms with van der Waals surface area (Å²) in [7, 11) is 0. The summed E-state index contributed by atoms with van der Waals surface area (Å²) in [6, 6.07) is 6.90. The first-order chi connectivity index (χ1) is 9.15. The summed E-state index contributed by atoms with van der Waals surface area (Å²) in [5, 5.41) is 6.41. The van der Waals surface area contributed by atoms with E-state index in [1.807, 2.05) is 0 Å². The lowest BCUT2D eigenvalue weighted by atomic mass is 10.0. The van der Waals surface area contributed by atoms with Crippen LogP contribution < -0.4 is 10.6 Å². The van der Waals surface area contributed by atoms with E-state index in [0.717, 1.165) is 19.5 Å². The summed E-state index contributed by atoms with van der Waals surface area (Å²) in [5.74, 6) is 0.161. The maximum atomic E-state index is 11.8. The van der Waals surface area contributed by atoms with Gasteiger partial charge in [-0.1, -0.05) is 23.8 Å². The fraction of sp³-hybridized carbons (Fsp3) is 0.562. The summed E-state index contributed by atoms with van der Waals surface area (Å²) >= 11 is 0. The third-order valence-corrected chi connectivity index (χ3v) is 3.83. The molecule has 1 aromatic carbocycles. The normalized spacial score (nSPS) is 17.6. The van der Waals surface area contributed by atoms with Gasteiger partial charge in [0, 0.05) is 19.0 Å². The first-order valence-electron chi connectivity index (χ1n) is 7.21. The molecule has 1 aliphatic rings. The van der Waals surface area contributed by atoms with Crippen molar-refractivity contribution in [1.82, 2.24) is 10.6 Å². The van der Waals surface area contributed by atoms with Crippen molar-refractivity contribution in [2.75, 3.05) is 13.1 Å². The van der Waals surface area contributed by atoms with Gasteiger partial charge in [0.05, 0.1) is 0 Å². The molecular weight excluding hydrogens is 272 g/mol. The number of hydrogen-bond donors (Lipinski definition) is 2. The molecule has 3 nitrogen and oxygen atoms in total. The van der Waals surface area contributed by atoms with Crippen LogP contribution >= 0.6 is 12.4 Å². The lowest BCUT2D eigenvalue weighted by Gasteiger charge is -2.12. The van der Waals surface area contributed by atoms with Crippen LogP contribution in [0.25, 0.3) is 0 Å². The van der Waals surface area contributed by atoms with Gasteiger partial charge in [-0.15, -0.1) is 12.4 Å². The molecule has 20 heavy (non-hydrogen) atoms. The van der Waals surface area contributed by atoms with Crippen molar-refractivity contribution in [3.8, 4) is 0 Å². The van der Waals surface area contributed by atoms with Crippen molar-refractivity contribution in [2.45, 2.75) is 45.6 Å². The highest BCUT2D eigenvalue weighted by molar-refractivity contribution is 5.85. The van der Waals surface area contributed by atoms with Gasteiger partial charge in [-0.3, -0.25) is 4.79 Å². The van der Waals surface area contributed by atoms with Gasteiger partial charge < -0.3 is 10.6 Å². The largest absolute Gasteiger partial charge is 0.355 e. The number of carbonyl (C=O) groups is 1. The van der Waals surface area contributed by atoms with Crippen LogP contribution in [0.1, 0.15) is 36.0 Å². The van der Waals surface area contributed by atoms with E-state index in [2.05, 4.69) is 42.7 Å². The van der Waals surface area contributed by atoms with Gasteiger partial charge in [-0.2, -0.15) is 0 Å². The van der Waals surface area contributed by atoms with Crippen molar-refractivity contribution in [3.05, 3.63) is 34.9 Å². The molecule has 1 atom stereocenters. The first-order valence-corrected chi connectivity index (χ1v) is 7.21. The fourth-order valence-corrected chi connectivity index (χ4v) is 2.63. The van der Waals surface area contributed by atoms with Crippen molar-refractivity contribution < 1.29 is 4.79 Å². The lowest BCUT2D eigenvalue weighted by Crippen LogP contribution is -2.37. The second-order valence-electron chi connectivity index (χ2n) is 5.53. The Labute approximate surface area is 127 Å². The van der Waals surface area contributed by atoms with Gasteiger partial charge >= 0.3 is 0 Å². The predicted octanol–water partition coefficient (Wildman–Crippen LogP) is 2.53. The van der Waals surface area contributed by atoms with E-state index in [-0.39, 0.29) is 18.3 Å². The number of halogens is 1. The summed E-state index contributed by atoms with van der Waals surface area (Å²) < 4.78 is 0. The monoisotopic (exact) mass is 296 g/mol. The predicted molar refractivity (Wildman–Crippen MR) is 85.5 cm³/mol. The zero-order chi connectivity index (χ0) is 13.7. The van der Waals surface area contributed by atoms with E-state index in [1.165, 1.54) is 29.5 Å². The summed E-state index contributed by atoms with van der Waals surface area (Å²) in [4.78, 5) is 11.8. The second kappa shape index (κ2) is 8.28. The smallest absolute Gasteiger partial charge is 0.220 e. The molecule has 0 aromatic heterocycles. The van der Waals surface area contributed by atoms with Gasteiger partial charge in [0.25, 0.3) is 0 Å². The molecule has 1 fully saturated rings. The van der Waals surface area contributed by atoms with Crippen molar-refractivity contribution in [2.24, 2.45) is 0 Å².